The average Bonchev–Trinajstić information content (AvgIpc) is 3.26. The third kappa shape index (κ3) is 3.48. The lowest BCUT2D eigenvalue weighted by Crippen LogP contribution is -2.37. The van der Waals surface area contributed by atoms with Crippen molar-refractivity contribution < 1.29 is 14.3 Å². The van der Waals surface area contributed by atoms with Crippen LogP contribution in [-0.4, -0.2) is 34.2 Å². The highest BCUT2D eigenvalue weighted by atomic mass is 16.5. The number of nitrogens with zero attached hydrogens (tertiary/aromatic N) is 3. The molecule has 2 aromatic heterocycles. The number of nitrogens with one attached hydrogen (secondary N) is 1. The molecule has 7 heteroatoms. The van der Waals surface area contributed by atoms with Crippen LogP contribution in [0.2, 0.25) is 0 Å². The highest BCUT2D eigenvalue weighted by Crippen LogP contribution is 2.36. The maximum atomic E-state index is 12.7. The number of carbonyl (C=O) groups is 1. The van der Waals surface area contributed by atoms with E-state index in [1.807, 2.05) is 41.1 Å². The van der Waals surface area contributed by atoms with Gasteiger partial charge in [-0.15, -0.1) is 0 Å². The first-order valence-electron chi connectivity index (χ1n) is 8.75. The first-order valence-corrected chi connectivity index (χ1v) is 8.75. The van der Waals surface area contributed by atoms with Crippen LogP contribution in [0.3, 0.4) is 0 Å². The SMILES string of the molecule is COc1cccc2c1OC[C@H](C(=O)NCc1cccnc1-n1ccnc1)C2. The lowest BCUT2D eigenvalue weighted by Gasteiger charge is -2.26. The van der Waals surface area contributed by atoms with E-state index >= 15 is 0 Å². The molecule has 1 aliphatic heterocycles. The Morgan fingerprint density at radius 1 is 1.33 bits per heavy atom. The van der Waals surface area contributed by atoms with Gasteiger partial charge in [0, 0.05) is 30.7 Å². The third-order valence-corrected chi connectivity index (χ3v) is 4.62. The molecule has 0 saturated heterocycles. The predicted octanol–water partition coefficient (Wildman–Crippen LogP) is 2.14. The summed E-state index contributed by atoms with van der Waals surface area (Å²) in [6.07, 6.45) is 7.56. The molecule has 1 atom stereocenters. The van der Waals surface area contributed by atoms with Gasteiger partial charge in [-0.3, -0.25) is 9.36 Å². The first-order chi connectivity index (χ1) is 13.3. The van der Waals surface area contributed by atoms with Crippen molar-refractivity contribution >= 4 is 5.91 Å². The fourth-order valence-corrected chi connectivity index (χ4v) is 3.24. The van der Waals surface area contributed by atoms with Gasteiger partial charge in [0.25, 0.3) is 0 Å². The summed E-state index contributed by atoms with van der Waals surface area (Å²) in [5.74, 6) is 1.91. The molecule has 138 valence electrons. The second-order valence-corrected chi connectivity index (χ2v) is 6.33. The van der Waals surface area contributed by atoms with E-state index in [1.54, 1.807) is 25.8 Å². The molecule has 1 amide bonds. The van der Waals surface area contributed by atoms with E-state index < -0.39 is 0 Å². The summed E-state index contributed by atoms with van der Waals surface area (Å²) in [5, 5.41) is 3.01. The summed E-state index contributed by atoms with van der Waals surface area (Å²) in [5.41, 5.74) is 1.91. The van der Waals surface area contributed by atoms with Gasteiger partial charge in [-0.05, 0) is 24.1 Å². The molecule has 4 rings (SSSR count). The largest absolute Gasteiger partial charge is 0.493 e. The normalized spacial score (nSPS) is 15.5. The van der Waals surface area contributed by atoms with E-state index in [1.165, 1.54) is 0 Å². The monoisotopic (exact) mass is 364 g/mol. The van der Waals surface area contributed by atoms with Crippen molar-refractivity contribution in [3.63, 3.8) is 0 Å². The van der Waals surface area contributed by atoms with E-state index in [4.69, 9.17) is 9.47 Å². The van der Waals surface area contributed by atoms with Crippen molar-refractivity contribution in [1.29, 1.82) is 0 Å². The molecule has 0 unspecified atom stereocenters. The number of imidazole rings is 1. The standard InChI is InChI=1S/C20H20N4O3/c1-26-17-6-2-4-14-10-16(12-27-18(14)17)20(25)23-11-15-5-3-7-22-19(15)24-9-8-21-13-24/h2-9,13,16H,10-12H2,1H3,(H,23,25)/t16-/m1/s1. The van der Waals surface area contributed by atoms with Gasteiger partial charge in [0.15, 0.2) is 11.5 Å². The van der Waals surface area contributed by atoms with Crippen LogP contribution in [0.15, 0.2) is 55.2 Å². The first kappa shape index (κ1) is 17.1. The minimum absolute atomic E-state index is 0.0381. The molecule has 0 aliphatic carbocycles. The van der Waals surface area contributed by atoms with Crippen LogP contribution in [0, 0.1) is 5.92 Å². The molecule has 1 N–H and O–H groups in total. The predicted molar refractivity (Wildman–Crippen MR) is 98.9 cm³/mol. The van der Waals surface area contributed by atoms with Crippen molar-refractivity contribution in [2.45, 2.75) is 13.0 Å². The molecule has 0 saturated carbocycles. The van der Waals surface area contributed by atoms with Crippen molar-refractivity contribution in [2.24, 2.45) is 5.92 Å². The zero-order valence-electron chi connectivity index (χ0n) is 15.0. The Morgan fingerprint density at radius 3 is 3.07 bits per heavy atom. The lowest BCUT2D eigenvalue weighted by molar-refractivity contribution is -0.126. The maximum Gasteiger partial charge on any atom is 0.227 e. The Balaban J connectivity index is 1.44. The average molecular weight is 364 g/mol. The number of amides is 1. The highest BCUT2D eigenvalue weighted by Gasteiger charge is 2.27. The lowest BCUT2D eigenvalue weighted by atomic mass is 9.95. The molecule has 7 nitrogen and oxygen atoms in total. The van der Waals surface area contributed by atoms with Crippen LogP contribution in [0.25, 0.3) is 5.82 Å². The molecule has 3 aromatic rings. The van der Waals surface area contributed by atoms with Crippen LogP contribution in [0.4, 0.5) is 0 Å². The summed E-state index contributed by atoms with van der Waals surface area (Å²) in [7, 11) is 1.61. The smallest absolute Gasteiger partial charge is 0.227 e. The Hall–Kier alpha value is -3.35. The zero-order valence-corrected chi connectivity index (χ0v) is 15.0. The Labute approximate surface area is 157 Å². The molecule has 3 heterocycles. The minimum atomic E-state index is -0.238. The van der Waals surface area contributed by atoms with Gasteiger partial charge >= 0.3 is 0 Å². The number of pyridine rings is 1. The van der Waals surface area contributed by atoms with Crippen molar-refractivity contribution in [3.05, 3.63) is 66.4 Å². The van der Waals surface area contributed by atoms with Gasteiger partial charge in [0.1, 0.15) is 18.8 Å². The summed E-state index contributed by atoms with van der Waals surface area (Å²) >= 11 is 0. The molecular formula is C20H20N4O3. The van der Waals surface area contributed by atoms with Crippen molar-refractivity contribution in [3.8, 4) is 17.3 Å². The second kappa shape index (κ2) is 7.49. The van der Waals surface area contributed by atoms with Crippen LogP contribution in [0.5, 0.6) is 11.5 Å². The number of fused-ring (bicyclic) bond motifs is 1. The molecule has 27 heavy (non-hydrogen) atoms. The van der Waals surface area contributed by atoms with E-state index in [9.17, 15) is 4.79 Å². The van der Waals surface area contributed by atoms with Crippen LogP contribution in [-0.2, 0) is 17.8 Å². The number of hydrogen-bond donors (Lipinski definition) is 1. The quantitative estimate of drug-likeness (QED) is 0.750. The molecule has 0 fully saturated rings. The van der Waals surface area contributed by atoms with E-state index in [0.717, 1.165) is 22.7 Å². The number of methoxy groups -OCH3 is 1. The zero-order chi connectivity index (χ0) is 18.6. The van der Waals surface area contributed by atoms with Crippen LogP contribution < -0.4 is 14.8 Å². The van der Waals surface area contributed by atoms with Gasteiger partial charge in [-0.25, -0.2) is 9.97 Å². The Bertz CT molecular complexity index is 940. The van der Waals surface area contributed by atoms with Crippen LogP contribution in [0.1, 0.15) is 11.1 Å². The van der Waals surface area contributed by atoms with Gasteiger partial charge in [0.05, 0.1) is 13.0 Å². The number of rotatable bonds is 5. The molecule has 0 bridgehead atoms. The Kier molecular flexibility index (Phi) is 4.74. The molecule has 0 radical (unpaired) electrons. The van der Waals surface area contributed by atoms with Crippen LogP contribution >= 0.6 is 0 Å². The number of ether oxygens (including phenoxy) is 2. The fourth-order valence-electron chi connectivity index (χ4n) is 3.24. The number of aromatic nitrogens is 3. The van der Waals surface area contributed by atoms with E-state index in [-0.39, 0.29) is 11.8 Å². The Morgan fingerprint density at radius 2 is 2.26 bits per heavy atom. The number of benzene rings is 1. The van der Waals surface area contributed by atoms with Gasteiger partial charge in [0.2, 0.25) is 5.91 Å². The third-order valence-electron chi connectivity index (χ3n) is 4.62. The van der Waals surface area contributed by atoms with Gasteiger partial charge < -0.3 is 14.8 Å². The number of hydrogen-bond acceptors (Lipinski definition) is 5. The molecule has 1 aliphatic rings. The molecular weight excluding hydrogens is 344 g/mol. The van der Waals surface area contributed by atoms with E-state index in [2.05, 4.69) is 15.3 Å². The summed E-state index contributed by atoms with van der Waals surface area (Å²) in [4.78, 5) is 21.1. The fraction of sp³-hybridized carbons (Fsp3) is 0.250. The van der Waals surface area contributed by atoms with Gasteiger partial charge in [-0.1, -0.05) is 18.2 Å². The summed E-state index contributed by atoms with van der Waals surface area (Å²) in [6, 6.07) is 9.54. The highest BCUT2D eigenvalue weighted by molar-refractivity contribution is 5.79. The molecule has 0 spiro atoms. The molecule has 1 aromatic carbocycles. The summed E-state index contributed by atoms with van der Waals surface area (Å²) in [6.45, 7) is 0.724. The van der Waals surface area contributed by atoms with Crippen molar-refractivity contribution in [1.82, 2.24) is 19.9 Å². The maximum absolute atomic E-state index is 12.7. The minimum Gasteiger partial charge on any atom is -0.493 e. The number of carbonyl (C=O) groups excluding carboxylic acids is 1. The summed E-state index contributed by atoms with van der Waals surface area (Å²) < 4.78 is 13.0. The van der Waals surface area contributed by atoms with Gasteiger partial charge in [-0.2, -0.15) is 0 Å². The topological polar surface area (TPSA) is 78.3 Å². The van der Waals surface area contributed by atoms with E-state index in [0.29, 0.717) is 25.3 Å². The number of para-hydroxylation sites is 1. The van der Waals surface area contributed by atoms with Crippen molar-refractivity contribution in [2.75, 3.05) is 13.7 Å². The second-order valence-electron chi connectivity index (χ2n) is 6.33.